The molecule has 2 heterocycles. The van der Waals surface area contributed by atoms with Crippen LogP contribution in [0.15, 0.2) is 71.5 Å². The number of aromatic amines is 1. The molecule has 0 bridgehead atoms. The zero-order valence-electron chi connectivity index (χ0n) is 27.9. The van der Waals surface area contributed by atoms with E-state index in [9.17, 15) is 4.79 Å². The van der Waals surface area contributed by atoms with Gasteiger partial charge < -0.3 is 35.5 Å². The van der Waals surface area contributed by atoms with E-state index >= 15 is 0 Å². The van der Waals surface area contributed by atoms with Crippen LogP contribution in [0, 0.1) is 5.41 Å². The summed E-state index contributed by atoms with van der Waals surface area (Å²) >= 11 is 0. The Balaban J connectivity index is 0.000000734. The summed E-state index contributed by atoms with van der Waals surface area (Å²) in [5.41, 5.74) is 7.90. The molecule has 5 rings (SSSR count). The summed E-state index contributed by atoms with van der Waals surface area (Å²) in [6.07, 6.45) is 2.47. The average molecular weight is 678 g/mol. The number of rotatable bonds is 12. The molecular weight excluding hydrogens is 634 g/mol. The molecule has 15 heteroatoms. The number of amidine groups is 1. The Morgan fingerprint density at radius 3 is 2.16 bits per heavy atom. The minimum absolute atomic E-state index is 0.0157. The Morgan fingerprint density at radius 1 is 0.959 bits per heavy atom. The van der Waals surface area contributed by atoms with Crippen LogP contribution in [0.2, 0.25) is 0 Å². The van der Waals surface area contributed by atoms with Gasteiger partial charge >= 0.3 is 5.69 Å². The number of methoxy groups -OCH3 is 2. The van der Waals surface area contributed by atoms with Crippen molar-refractivity contribution in [2.45, 2.75) is 32.7 Å². The normalized spacial score (nSPS) is 12.7. The van der Waals surface area contributed by atoms with E-state index in [1.165, 1.54) is 17.5 Å². The van der Waals surface area contributed by atoms with Gasteiger partial charge in [-0.1, -0.05) is 18.2 Å². The van der Waals surface area contributed by atoms with E-state index in [-0.39, 0.29) is 5.84 Å². The second-order valence-electron chi connectivity index (χ2n) is 10.8. The molecular formula is C34H43N7O8. The van der Waals surface area contributed by atoms with E-state index in [4.69, 9.17) is 45.2 Å². The van der Waals surface area contributed by atoms with Gasteiger partial charge in [-0.15, -0.1) is 5.10 Å². The number of H-pyrrole nitrogens is 1. The van der Waals surface area contributed by atoms with Gasteiger partial charge in [-0.2, -0.15) is 4.68 Å². The van der Waals surface area contributed by atoms with Crippen LogP contribution < -0.4 is 31.0 Å². The first-order valence-electron chi connectivity index (χ1n) is 15.4. The molecule has 0 spiro atoms. The molecule has 0 aliphatic carbocycles. The fourth-order valence-corrected chi connectivity index (χ4v) is 4.93. The molecule has 1 saturated heterocycles. The summed E-state index contributed by atoms with van der Waals surface area (Å²) in [6, 6.07) is 19.5. The van der Waals surface area contributed by atoms with Gasteiger partial charge in [0.25, 0.3) is 11.9 Å². The molecule has 1 fully saturated rings. The second kappa shape index (κ2) is 18.5. The van der Waals surface area contributed by atoms with Crippen molar-refractivity contribution >= 4 is 23.5 Å². The van der Waals surface area contributed by atoms with Crippen LogP contribution in [0.4, 0.5) is 5.69 Å². The number of likely N-dealkylation sites (tertiary alicyclic amines) is 1. The van der Waals surface area contributed by atoms with Crippen molar-refractivity contribution in [3.8, 4) is 22.9 Å². The fraction of sp³-hybridized carbons (Fsp3) is 0.324. The maximum Gasteiger partial charge on any atom is 0.348 e. The number of carboxylic acid groups (broad SMARTS) is 2. The van der Waals surface area contributed by atoms with Crippen molar-refractivity contribution in [2.24, 2.45) is 5.73 Å². The lowest BCUT2D eigenvalue weighted by Crippen LogP contribution is -2.25. The lowest BCUT2D eigenvalue weighted by atomic mass is 10.0. The van der Waals surface area contributed by atoms with E-state index in [0.717, 1.165) is 44.7 Å². The van der Waals surface area contributed by atoms with Gasteiger partial charge in [0.05, 0.1) is 14.2 Å². The summed E-state index contributed by atoms with van der Waals surface area (Å²) in [6.45, 7) is 5.82. The minimum atomic E-state index is -0.833. The van der Waals surface area contributed by atoms with Crippen LogP contribution in [0.3, 0.4) is 0 Å². The molecule has 1 unspecified atom stereocenters. The molecule has 262 valence electrons. The number of carboxylic acids is 2. The number of ether oxygens (including phenoxy) is 3. The largest absolute Gasteiger partial charge is 0.494 e. The first kappa shape index (κ1) is 37.6. The number of anilines is 1. The van der Waals surface area contributed by atoms with Crippen molar-refractivity contribution < 1.29 is 34.0 Å². The first-order chi connectivity index (χ1) is 23.4. The number of hydrogen-bond acceptors (Lipinski definition) is 10. The van der Waals surface area contributed by atoms with Gasteiger partial charge in [-0.3, -0.25) is 24.9 Å². The summed E-state index contributed by atoms with van der Waals surface area (Å²) < 4.78 is 18.5. The number of hydrogen-bond donors (Lipinski definition) is 6. The quantitative estimate of drug-likeness (QED) is 0.0934. The zero-order chi connectivity index (χ0) is 35.9. The summed E-state index contributed by atoms with van der Waals surface area (Å²) in [7, 11) is 3.15. The van der Waals surface area contributed by atoms with Crippen LogP contribution >= 0.6 is 0 Å². The monoisotopic (exact) mass is 677 g/mol. The minimum Gasteiger partial charge on any atom is -0.494 e. The number of nitrogens with one attached hydrogen (secondary N) is 3. The van der Waals surface area contributed by atoms with Crippen LogP contribution in [0.1, 0.15) is 49.7 Å². The molecule has 3 aromatic carbocycles. The highest BCUT2D eigenvalue weighted by Crippen LogP contribution is 2.34. The highest BCUT2D eigenvalue weighted by Gasteiger charge is 2.23. The number of para-hydroxylation sites is 2. The van der Waals surface area contributed by atoms with Crippen LogP contribution in [-0.2, 0) is 9.59 Å². The fourth-order valence-electron chi connectivity index (χ4n) is 4.93. The molecule has 0 radical (unpaired) electrons. The number of benzene rings is 3. The second-order valence-corrected chi connectivity index (χ2v) is 10.8. The van der Waals surface area contributed by atoms with Crippen LogP contribution in [-0.4, -0.2) is 88.1 Å². The van der Waals surface area contributed by atoms with Crippen molar-refractivity contribution in [2.75, 3.05) is 45.8 Å². The molecule has 15 nitrogen and oxygen atoms in total. The van der Waals surface area contributed by atoms with Crippen molar-refractivity contribution in [1.82, 2.24) is 19.7 Å². The average Bonchev–Trinajstić information content (AvgIpc) is 3.73. The van der Waals surface area contributed by atoms with Gasteiger partial charge in [-0.25, -0.2) is 4.79 Å². The Hall–Kier alpha value is -5.83. The molecule has 49 heavy (non-hydrogen) atoms. The van der Waals surface area contributed by atoms with Crippen molar-refractivity contribution in [3.05, 3.63) is 94.2 Å². The van der Waals surface area contributed by atoms with E-state index in [1.807, 2.05) is 42.5 Å². The number of aromatic nitrogens is 3. The third-order valence-corrected chi connectivity index (χ3v) is 7.11. The Kier molecular flexibility index (Phi) is 14.2. The lowest BCUT2D eigenvalue weighted by molar-refractivity contribution is -0.135. The predicted molar refractivity (Wildman–Crippen MR) is 184 cm³/mol. The maximum absolute atomic E-state index is 13.1. The van der Waals surface area contributed by atoms with Gasteiger partial charge in [0, 0.05) is 31.6 Å². The smallest absolute Gasteiger partial charge is 0.348 e. The third kappa shape index (κ3) is 11.4. The number of nitrogen functional groups attached to an aromatic ring is 1. The predicted octanol–water partition coefficient (Wildman–Crippen LogP) is 3.72. The maximum atomic E-state index is 13.1. The number of nitrogens with two attached hydrogens (primary N) is 1. The SMILES string of the molecule is CC(=O)O.CC(=O)O.COc1cc(C(Nc2ccc(C(=N)N)cc2)c2nn(-c3ccccc3OC)c(=O)[nH]2)ccc1OCCN1CCCC1. The highest BCUT2D eigenvalue weighted by atomic mass is 16.5. The molecule has 7 N–H and O–H groups in total. The molecule has 1 atom stereocenters. The van der Waals surface area contributed by atoms with E-state index in [1.54, 1.807) is 38.5 Å². The molecule has 1 aliphatic rings. The standard InChI is InChI=1S/C30H35N7O4.2C2H4O2/c1-39-24-8-4-3-7-23(24)37-30(38)34-29(35-37)27(33-22-12-9-20(10-13-22)28(31)32)21-11-14-25(26(19-21)40-2)41-18-17-36-15-5-6-16-36;2*1-2(3)4/h3-4,7-14,19,27,33H,5-6,15-18H2,1-2H3,(H3,31,32)(H,34,35,38);2*1H3,(H,3,4). The van der Waals surface area contributed by atoms with E-state index in [0.29, 0.717) is 40.9 Å². The number of nitrogens with zero attached hydrogens (tertiary/aromatic N) is 3. The van der Waals surface area contributed by atoms with Gasteiger partial charge in [-0.05, 0) is 80.0 Å². The summed E-state index contributed by atoms with van der Waals surface area (Å²) in [5.74, 6) is 0.454. The molecule has 0 saturated carbocycles. The van der Waals surface area contributed by atoms with Gasteiger partial charge in [0.2, 0.25) is 0 Å². The van der Waals surface area contributed by atoms with E-state index < -0.39 is 23.7 Å². The zero-order valence-corrected chi connectivity index (χ0v) is 27.9. The Morgan fingerprint density at radius 2 is 1.57 bits per heavy atom. The van der Waals surface area contributed by atoms with Crippen LogP contribution in [0.25, 0.3) is 5.69 Å². The first-order valence-corrected chi connectivity index (χ1v) is 15.4. The Labute approximate surface area is 283 Å². The molecule has 0 amide bonds. The number of carbonyl (C=O) groups is 2. The molecule has 4 aromatic rings. The summed E-state index contributed by atoms with van der Waals surface area (Å²) in [5, 5.41) is 30.6. The van der Waals surface area contributed by atoms with Crippen molar-refractivity contribution in [3.63, 3.8) is 0 Å². The number of aliphatic carboxylic acids is 2. The highest BCUT2D eigenvalue weighted by molar-refractivity contribution is 5.95. The lowest BCUT2D eigenvalue weighted by Gasteiger charge is -2.21. The molecule has 1 aromatic heterocycles. The van der Waals surface area contributed by atoms with Crippen molar-refractivity contribution in [1.29, 1.82) is 5.41 Å². The summed E-state index contributed by atoms with van der Waals surface area (Å²) in [4.78, 5) is 36.4. The van der Waals surface area contributed by atoms with E-state index in [2.05, 4.69) is 20.3 Å². The van der Waals surface area contributed by atoms with Crippen LogP contribution in [0.5, 0.6) is 17.2 Å². The van der Waals surface area contributed by atoms with Gasteiger partial charge in [0.15, 0.2) is 17.3 Å². The third-order valence-electron chi connectivity index (χ3n) is 7.11. The molecule has 1 aliphatic heterocycles. The topological polar surface area (TPSA) is 218 Å². The van der Waals surface area contributed by atoms with Gasteiger partial charge in [0.1, 0.15) is 29.9 Å². The Bertz CT molecular complexity index is 1730.